The summed E-state index contributed by atoms with van der Waals surface area (Å²) in [5, 5.41) is 13.4. The van der Waals surface area contributed by atoms with Crippen LogP contribution in [0.3, 0.4) is 0 Å². The molecular formula is C11H23N3O2. The van der Waals surface area contributed by atoms with Gasteiger partial charge in [-0.2, -0.15) is 0 Å². The summed E-state index contributed by atoms with van der Waals surface area (Å²) in [5.74, 6) is -0.338. The van der Waals surface area contributed by atoms with E-state index in [2.05, 4.69) is 29.5 Å². The van der Waals surface area contributed by atoms with Crippen LogP contribution in [0, 0.1) is 0 Å². The lowest BCUT2D eigenvalue weighted by molar-refractivity contribution is -0.114. The van der Waals surface area contributed by atoms with Crippen LogP contribution in [0.2, 0.25) is 0 Å². The first kappa shape index (κ1) is 14.9. The molecule has 0 radical (unpaired) electrons. The standard InChI is InChI=1S/C11H23N3O2/c1-14(2)9-7-5-3-4-6-8-12-11(15)10-13-16/h10,16H,3-9H2,1-2H3,(H,12,15). The smallest absolute Gasteiger partial charge is 0.265 e. The number of oxime groups is 1. The van der Waals surface area contributed by atoms with E-state index in [0.29, 0.717) is 6.54 Å². The van der Waals surface area contributed by atoms with Gasteiger partial charge in [0.1, 0.15) is 6.21 Å². The van der Waals surface area contributed by atoms with E-state index in [1.807, 2.05) is 0 Å². The van der Waals surface area contributed by atoms with Gasteiger partial charge in [-0.15, -0.1) is 0 Å². The molecule has 0 bridgehead atoms. The van der Waals surface area contributed by atoms with Gasteiger partial charge in [-0.1, -0.05) is 24.4 Å². The highest BCUT2D eigenvalue weighted by molar-refractivity contribution is 6.25. The predicted molar refractivity (Wildman–Crippen MR) is 64.9 cm³/mol. The van der Waals surface area contributed by atoms with Crippen LogP contribution in [-0.4, -0.2) is 49.4 Å². The normalized spacial score (nSPS) is 11.2. The number of carbonyl (C=O) groups excluding carboxylic acids is 1. The predicted octanol–water partition coefficient (Wildman–Crippen LogP) is 1.07. The average molecular weight is 229 g/mol. The van der Waals surface area contributed by atoms with Crippen molar-refractivity contribution in [1.29, 1.82) is 0 Å². The second kappa shape index (κ2) is 10.4. The Balaban J connectivity index is 3.13. The zero-order chi connectivity index (χ0) is 12.2. The van der Waals surface area contributed by atoms with E-state index in [-0.39, 0.29) is 5.91 Å². The van der Waals surface area contributed by atoms with E-state index in [0.717, 1.165) is 25.6 Å². The highest BCUT2D eigenvalue weighted by Crippen LogP contribution is 2.02. The molecule has 5 nitrogen and oxygen atoms in total. The molecule has 0 spiro atoms. The van der Waals surface area contributed by atoms with Crippen LogP contribution in [0.5, 0.6) is 0 Å². The summed E-state index contributed by atoms with van der Waals surface area (Å²) in [5.41, 5.74) is 0. The molecule has 0 atom stereocenters. The number of hydrogen-bond acceptors (Lipinski definition) is 4. The Kier molecular flexibility index (Phi) is 9.70. The Morgan fingerprint density at radius 2 is 1.88 bits per heavy atom. The molecule has 0 saturated heterocycles. The molecule has 0 saturated carbocycles. The van der Waals surface area contributed by atoms with Crippen LogP contribution in [0.4, 0.5) is 0 Å². The molecule has 1 amide bonds. The third-order valence-corrected chi connectivity index (χ3v) is 2.26. The lowest BCUT2D eigenvalue weighted by Gasteiger charge is -2.08. The van der Waals surface area contributed by atoms with Crippen molar-refractivity contribution in [2.45, 2.75) is 32.1 Å². The van der Waals surface area contributed by atoms with Gasteiger partial charge in [-0.05, 0) is 33.5 Å². The lowest BCUT2D eigenvalue weighted by atomic mass is 10.1. The van der Waals surface area contributed by atoms with E-state index in [1.165, 1.54) is 19.3 Å². The quantitative estimate of drug-likeness (QED) is 0.269. The topological polar surface area (TPSA) is 64.9 Å². The number of carbonyl (C=O) groups is 1. The number of rotatable bonds is 9. The molecule has 0 aromatic rings. The van der Waals surface area contributed by atoms with E-state index in [1.54, 1.807) is 0 Å². The number of nitrogens with zero attached hydrogens (tertiary/aromatic N) is 2. The van der Waals surface area contributed by atoms with E-state index in [4.69, 9.17) is 5.21 Å². The van der Waals surface area contributed by atoms with Gasteiger partial charge in [0.15, 0.2) is 0 Å². The minimum atomic E-state index is -0.338. The number of amides is 1. The molecule has 0 fully saturated rings. The number of nitrogens with one attached hydrogen (secondary N) is 1. The molecule has 0 aliphatic heterocycles. The van der Waals surface area contributed by atoms with Crippen molar-refractivity contribution < 1.29 is 10.0 Å². The zero-order valence-corrected chi connectivity index (χ0v) is 10.3. The fraction of sp³-hybridized carbons (Fsp3) is 0.818. The van der Waals surface area contributed by atoms with E-state index < -0.39 is 0 Å². The van der Waals surface area contributed by atoms with Crippen molar-refractivity contribution in [3.05, 3.63) is 0 Å². The molecule has 0 heterocycles. The second-order valence-electron chi connectivity index (χ2n) is 4.11. The average Bonchev–Trinajstić information content (AvgIpc) is 2.22. The molecule has 0 unspecified atom stereocenters. The maximum Gasteiger partial charge on any atom is 0.265 e. The summed E-state index contributed by atoms with van der Waals surface area (Å²) in [7, 11) is 4.16. The highest BCUT2D eigenvalue weighted by Gasteiger charge is 1.96. The highest BCUT2D eigenvalue weighted by atomic mass is 16.4. The summed E-state index contributed by atoms with van der Waals surface area (Å²) >= 11 is 0. The summed E-state index contributed by atoms with van der Waals surface area (Å²) in [6.07, 6.45) is 6.66. The summed E-state index contributed by atoms with van der Waals surface area (Å²) < 4.78 is 0. The first-order valence-electron chi connectivity index (χ1n) is 5.77. The van der Waals surface area contributed by atoms with Crippen molar-refractivity contribution in [1.82, 2.24) is 10.2 Å². The van der Waals surface area contributed by atoms with E-state index >= 15 is 0 Å². The van der Waals surface area contributed by atoms with Gasteiger partial charge >= 0.3 is 0 Å². The third-order valence-electron chi connectivity index (χ3n) is 2.26. The molecular weight excluding hydrogens is 206 g/mol. The van der Waals surface area contributed by atoms with Crippen LogP contribution < -0.4 is 5.32 Å². The van der Waals surface area contributed by atoms with Gasteiger partial charge in [-0.25, -0.2) is 0 Å². The SMILES string of the molecule is CN(C)CCCCCCCNC(=O)C=NO. The first-order valence-corrected chi connectivity index (χ1v) is 5.77. The summed E-state index contributed by atoms with van der Waals surface area (Å²) in [6, 6.07) is 0. The van der Waals surface area contributed by atoms with Gasteiger partial charge < -0.3 is 15.4 Å². The van der Waals surface area contributed by atoms with Crippen molar-refractivity contribution in [2.75, 3.05) is 27.2 Å². The summed E-state index contributed by atoms with van der Waals surface area (Å²) in [4.78, 5) is 13.0. The van der Waals surface area contributed by atoms with Crippen molar-refractivity contribution in [3.63, 3.8) is 0 Å². The van der Waals surface area contributed by atoms with Crippen LogP contribution in [0.15, 0.2) is 5.16 Å². The molecule has 0 aromatic carbocycles. The molecule has 0 aromatic heterocycles. The molecule has 94 valence electrons. The number of unbranched alkanes of at least 4 members (excludes halogenated alkanes) is 4. The van der Waals surface area contributed by atoms with Gasteiger partial charge in [0, 0.05) is 6.54 Å². The molecule has 5 heteroatoms. The van der Waals surface area contributed by atoms with Crippen LogP contribution >= 0.6 is 0 Å². The third kappa shape index (κ3) is 11.0. The minimum Gasteiger partial charge on any atom is -0.411 e. The maximum atomic E-state index is 10.8. The Morgan fingerprint density at radius 1 is 1.25 bits per heavy atom. The van der Waals surface area contributed by atoms with Crippen LogP contribution in [0.25, 0.3) is 0 Å². The largest absolute Gasteiger partial charge is 0.411 e. The molecule has 0 aliphatic carbocycles. The first-order chi connectivity index (χ1) is 7.66. The van der Waals surface area contributed by atoms with Gasteiger partial charge in [0.05, 0.1) is 0 Å². The zero-order valence-electron chi connectivity index (χ0n) is 10.3. The van der Waals surface area contributed by atoms with Gasteiger partial charge in [-0.3, -0.25) is 4.79 Å². The monoisotopic (exact) mass is 229 g/mol. The van der Waals surface area contributed by atoms with Crippen molar-refractivity contribution in [2.24, 2.45) is 5.16 Å². The summed E-state index contributed by atoms with van der Waals surface area (Å²) in [6.45, 7) is 1.79. The van der Waals surface area contributed by atoms with Crippen molar-refractivity contribution in [3.8, 4) is 0 Å². The van der Waals surface area contributed by atoms with E-state index in [9.17, 15) is 4.79 Å². The number of hydrogen-bond donors (Lipinski definition) is 2. The molecule has 0 rings (SSSR count). The Bertz CT molecular complexity index is 205. The fourth-order valence-electron chi connectivity index (χ4n) is 1.39. The fourth-order valence-corrected chi connectivity index (χ4v) is 1.39. The van der Waals surface area contributed by atoms with Crippen molar-refractivity contribution >= 4 is 12.1 Å². The Morgan fingerprint density at radius 3 is 2.50 bits per heavy atom. The maximum absolute atomic E-state index is 10.8. The molecule has 2 N–H and O–H groups in total. The Hall–Kier alpha value is -1.10. The molecule has 16 heavy (non-hydrogen) atoms. The second-order valence-corrected chi connectivity index (χ2v) is 4.11. The van der Waals surface area contributed by atoms with Gasteiger partial charge in [0.2, 0.25) is 0 Å². The lowest BCUT2D eigenvalue weighted by Crippen LogP contribution is -2.25. The molecule has 0 aliphatic rings. The van der Waals surface area contributed by atoms with Crippen LogP contribution in [-0.2, 0) is 4.79 Å². The van der Waals surface area contributed by atoms with Gasteiger partial charge in [0.25, 0.3) is 5.91 Å². The van der Waals surface area contributed by atoms with Crippen LogP contribution in [0.1, 0.15) is 32.1 Å². The Labute approximate surface area is 97.5 Å². The minimum absolute atomic E-state index is 0.338.